The van der Waals surface area contributed by atoms with Gasteiger partial charge in [0.1, 0.15) is 12.2 Å². The molecule has 1 N–H and O–H groups in total. The molecule has 0 aliphatic rings. The predicted molar refractivity (Wildman–Crippen MR) is 86.8 cm³/mol. The highest BCUT2D eigenvalue weighted by Gasteiger charge is 2.21. The third kappa shape index (κ3) is 4.21. The number of halogens is 1. The zero-order valence-corrected chi connectivity index (χ0v) is 13.8. The highest BCUT2D eigenvalue weighted by molar-refractivity contribution is 9.10. The van der Waals surface area contributed by atoms with E-state index in [1.54, 1.807) is 23.9 Å². The maximum atomic E-state index is 12.6. The molecule has 6 heteroatoms. The molecule has 0 aliphatic heterocycles. The lowest BCUT2D eigenvalue weighted by Crippen LogP contribution is -2.38. The van der Waals surface area contributed by atoms with Crippen molar-refractivity contribution in [1.29, 1.82) is 0 Å². The molecule has 1 heterocycles. The van der Waals surface area contributed by atoms with E-state index in [1.807, 2.05) is 30.3 Å². The molecule has 116 valence electrons. The van der Waals surface area contributed by atoms with Gasteiger partial charge in [0.05, 0.1) is 0 Å². The largest absolute Gasteiger partial charge is 0.480 e. The van der Waals surface area contributed by atoms with Crippen molar-refractivity contribution >= 4 is 27.8 Å². The molecule has 1 amide bonds. The second-order valence-corrected chi connectivity index (χ2v) is 5.93. The molecule has 0 aliphatic carbocycles. The summed E-state index contributed by atoms with van der Waals surface area (Å²) in [5, 5.41) is 9.04. The number of rotatable bonds is 6. The van der Waals surface area contributed by atoms with Crippen molar-refractivity contribution in [1.82, 2.24) is 9.47 Å². The molecule has 1 aromatic heterocycles. The number of aliphatic carboxylic acids is 1. The zero-order chi connectivity index (χ0) is 16.1. The van der Waals surface area contributed by atoms with Gasteiger partial charge in [0.2, 0.25) is 0 Å². The van der Waals surface area contributed by atoms with Crippen molar-refractivity contribution in [2.24, 2.45) is 7.05 Å². The van der Waals surface area contributed by atoms with Crippen LogP contribution in [-0.4, -0.2) is 39.5 Å². The van der Waals surface area contributed by atoms with Crippen LogP contribution in [0.1, 0.15) is 16.1 Å². The van der Waals surface area contributed by atoms with Crippen molar-refractivity contribution < 1.29 is 14.7 Å². The fraction of sp³-hybridized carbons (Fsp3) is 0.250. The molecular formula is C16H17BrN2O3. The maximum absolute atomic E-state index is 12.6. The van der Waals surface area contributed by atoms with Gasteiger partial charge in [-0.3, -0.25) is 9.59 Å². The van der Waals surface area contributed by atoms with E-state index >= 15 is 0 Å². The molecule has 0 saturated carbocycles. The minimum atomic E-state index is -1.02. The number of carboxylic acids is 1. The summed E-state index contributed by atoms with van der Waals surface area (Å²) in [6.07, 6.45) is 2.38. The van der Waals surface area contributed by atoms with Crippen molar-refractivity contribution in [2.45, 2.75) is 6.42 Å². The molecule has 5 nitrogen and oxygen atoms in total. The Labute approximate surface area is 137 Å². The third-order valence-electron chi connectivity index (χ3n) is 3.32. The third-order valence-corrected chi connectivity index (χ3v) is 3.75. The van der Waals surface area contributed by atoms with Gasteiger partial charge in [-0.05, 0) is 34.0 Å². The highest BCUT2D eigenvalue weighted by atomic mass is 79.9. The van der Waals surface area contributed by atoms with E-state index in [4.69, 9.17) is 5.11 Å². The van der Waals surface area contributed by atoms with Crippen molar-refractivity contribution in [3.63, 3.8) is 0 Å². The van der Waals surface area contributed by atoms with E-state index in [1.165, 1.54) is 4.90 Å². The van der Waals surface area contributed by atoms with Crippen LogP contribution in [0, 0.1) is 0 Å². The summed E-state index contributed by atoms with van der Waals surface area (Å²) < 4.78 is 2.47. The molecule has 1 aromatic carbocycles. The van der Waals surface area contributed by atoms with Crippen LogP contribution in [0.2, 0.25) is 0 Å². The Bertz CT molecular complexity index is 667. The summed E-state index contributed by atoms with van der Waals surface area (Å²) in [5.74, 6) is -1.30. The number of amides is 1. The van der Waals surface area contributed by atoms with Gasteiger partial charge < -0.3 is 14.6 Å². The van der Waals surface area contributed by atoms with Crippen LogP contribution in [0.3, 0.4) is 0 Å². The average Bonchev–Trinajstić information content (AvgIpc) is 2.82. The normalized spacial score (nSPS) is 10.5. The van der Waals surface area contributed by atoms with Crippen molar-refractivity contribution in [2.75, 3.05) is 13.1 Å². The quantitative estimate of drug-likeness (QED) is 0.856. The van der Waals surface area contributed by atoms with Crippen molar-refractivity contribution in [3.05, 3.63) is 58.3 Å². The molecule has 0 saturated heterocycles. The number of carbonyl (C=O) groups excluding carboxylic acids is 1. The Kier molecular flexibility index (Phi) is 5.38. The lowest BCUT2D eigenvalue weighted by molar-refractivity contribution is -0.137. The van der Waals surface area contributed by atoms with Gasteiger partial charge in [0.15, 0.2) is 0 Å². The van der Waals surface area contributed by atoms with Crippen LogP contribution < -0.4 is 0 Å². The van der Waals surface area contributed by atoms with Crippen LogP contribution in [0.15, 0.2) is 47.1 Å². The molecule has 2 aromatic rings. The molecule has 0 atom stereocenters. The Morgan fingerprint density at radius 1 is 1.27 bits per heavy atom. The number of aromatic nitrogens is 1. The number of nitrogens with zero attached hydrogens (tertiary/aromatic N) is 2. The van der Waals surface area contributed by atoms with Crippen LogP contribution >= 0.6 is 15.9 Å². The molecule has 2 rings (SSSR count). The van der Waals surface area contributed by atoms with Gasteiger partial charge in [0, 0.05) is 24.3 Å². The minimum Gasteiger partial charge on any atom is -0.480 e. The number of benzene rings is 1. The topological polar surface area (TPSA) is 62.5 Å². The Balaban J connectivity index is 2.13. The molecule has 0 unspecified atom stereocenters. The SMILES string of the molecule is Cn1cc(Br)cc1C(=O)N(CCc1ccccc1)CC(=O)O. The van der Waals surface area contributed by atoms with E-state index in [9.17, 15) is 9.59 Å². The summed E-state index contributed by atoms with van der Waals surface area (Å²) in [7, 11) is 1.76. The first-order valence-electron chi connectivity index (χ1n) is 6.84. The van der Waals surface area contributed by atoms with Gasteiger partial charge in [-0.2, -0.15) is 0 Å². The maximum Gasteiger partial charge on any atom is 0.323 e. The van der Waals surface area contributed by atoms with E-state index in [-0.39, 0.29) is 12.5 Å². The molecule has 0 bridgehead atoms. The van der Waals surface area contributed by atoms with E-state index in [2.05, 4.69) is 15.9 Å². The highest BCUT2D eigenvalue weighted by Crippen LogP contribution is 2.16. The predicted octanol–water partition coefficient (Wildman–Crippen LogP) is 2.56. The van der Waals surface area contributed by atoms with E-state index in [0.717, 1.165) is 10.0 Å². The number of hydrogen-bond acceptors (Lipinski definition) is 2. The van der Waals surface area contributed by atoms with Gasteiger partial charge >= 0.3 is 5.97 Å². The lowest BCUT2D eigenvalue weighted by atomic mass is 10.1. The van der Waals surface area contributed by atoms with Gasteiger partial charge in [-0.25, -0.2) is 0 Å². The molecule has 0 spiro atoms. The fourth-order valence-corrected chi connectivity index (χ4v) is 2.75. The van der Waals surface area contributed by atoms with Gasteiger partial charge in [0.25, 0.3) is 5.91 Å². The smallest absolute Gasteiger partial charge is 0.323 e. The summed E-state index contributed by atoms with van der Waals surface area (Å²) in [4.78, 5) is 25.0. The first-order chi connectivity index (χ1) is 10.5. The average molecular weight is 365 g/mol. The number of hydrogen-bond donors (Lipinski definition) is 1. The summed E-state index contributed by atoms with van der Waals surface area (Å²) >= 11 is 3.32. The number of aryl methyl sites for hydroxylation is 1. The molecule has 22 heavy (non-hydrogen) atoms. The molecular weight excluding hydrogens is 348 g/mol. The summed E-state index contributed by atoms with van der Waals surface area (Å²) in [6, 6.07) is 11.4. The Morgan fingerprint density at radius 3 is 2.50 bits per heavy atom. The lowest BCUT2D eigenvalue weighted by Gasteiger charge is -2.21. The summed E-state index contributed by atoms with van der Waals surface area (Å²) in [6.45, 7) is 0.0480. The molecule has 0 fully saturated rings. The number of carboxylic acid groups (broad SMARTS) is 1. The minimum absolute atomic E-state index is 0.286. The number of carbonyl (C=O) groups is 2. The first-order valence-corrected chi connectivity index (χ1v) is 7.63. The fourth-order valence-electron chi connectivity index (χ4n) is 2.22. The second-order valence-electron chi connectivity index (χ2n) is 5.01. The monoisotopic (exact) mass is 364 g/mol. The van der Waals surface area contributed by atoms with Crippen LogP contribution in [0.4, 0.5) is 0 Å². The van der Waals surface area contributed by atoms with Gasteiger partial charge in [-0.1, -0.05) is 30.3 Å². The zero-order valence-electron chi connectivity index (χ0n) is 12.2. The van der Waals surface area contributed by atoms with Crippen LogP contribution in [-0.2, 0) is 18.3 Å². The Morgan fingerprint density at radius 2 is 1.95 bits per heavy atom. The summed E-state index contributed by atoms with van der Waals surface area (Å²) in [5.41, 5.74) is 1.53. The van der Waals surface area contributed by atoms with Gasteiger partial charge in [-0.15, -0.1) is 0 Å². The van der Waals surface area contributed by atoms with Crippen molar-refractivity contribution in [3.8, 4) is 0 Å². The first kappa shape index (κ1) is 16.3. The standard InChI is InChI=1S/C16H17BrN2O3/c1-18-10-13(17)9-14(18)16(22)19(11-15(20)21)8-7-12-5-3-2-4-6-12/h2-6,9-10H,7-8,11H2,1H3,(H,20,21). The molecule has 0 radical (unpaired) electrons. The van der Waals surface area contributed by atoms with E-state index in [0.29, 0.717) is 18.7 Å². The van der Waals surface area contributed by atoms with E-state index < -0.39 is 5.97 Å². The van der Waals surface area contributed by atoms with Crippen LogP contribution in [0.5, 0.6) is 0 Å². The Hall–Kier alpha value is -2.08. The second kappa shape index (κ2) is 7.26. The van der Waals surface area contributed by atoms with Crippen LogP contribution in [0.25, 0.3) is 0 Å².